The van der Waals surface area contributed by atoms with Gasteiger partial charge in [-0.05, 0) is 24.1 Å². The van der Waals surface area contributed by atoms with E-state index in [0.29, 0.717) is 6.42 Å². The first-order chi connectivity index (χ1) is 8.85. The van der Waals surface area contributed by atoms with Crippen LogP contribution in [0.3, 0.4) is 0 Å². The van der Waals surface area contributed by atoms with Gasteiger partial charge >= 0.3 is 5.97 Å². The molecule has 0 bridgehead atoms. The first kappa shape index (κ1) is 15.4. The third kappa shape index (κ3) is 4.21. The second-order valence-electron chi connectivity index (χ2n) is 4.33. The minimum Gasteiger partial charge on any atom is -0.480 e. The predicted octanol–water partition coefficient (Wildman–Crippen LogP) is 2.71. The molecule has 0 saturated carbocycles. The largest absolute Gasteiger partial charge is 0.480 e. The lowest BCUT2D eigenvalue weighted by molar-refractivity contribution is -0.140. The Bertz CT molecular complexity index is 473. The van der Waals surface area contributed by atoms with E-state index in [4.69, 9.17) is 16.7 Å². The number of carbonyl (C=O) groups excluding carboxylic acids is 1. The molecule has 0 radical (unpaired) electrons. The summed E-state index contributed by atoms with van der Waals surface area (Å²) in [6.45, 7) is 3.55. The van der Waals surface area contributed by atoms with Crippen molar-refractivity contribution in [1.82, 2.24) is 5.32 Å². The number of carboxylic acid groups (broad SMARTS) is 1. The highest BCUT2D eigenvalue weighted by molar-refractivity contribution is 6.31. The summed E-state index contributed by atoms with van der Waals surface area (Å²) < 4.78 is 13.1. The minimum atomic E-state index is -1.12. The van der Waals surface area contributed by atoms with Crippen molar-refractivity contribution in [1.29, 1.82) is 0 Å². The molecule has 1 amide bonds. The lowest BCUT2D eigenvalue weighted by Crippen LogP contribution is -2.45. The molecule has 19 heavy (non-hydrogen) atoms. The topological polar surface area (TPSA) is 66.4 Å². The fourth-order valence-corrected chi connectivity index (χ4v) is 1.81. The van der Waals surface area contributed by atoms with Crippen molar-refractivity contribution in [3.05, 3.63) is 34.6 Å². The number of hydrogen-bond donors (Lipinski definition) is 2. The molecular formula is C13H15ClFNO3. The Balaban J connectivity index is 2.90. The maximum atomic E-state index is 13.1. The number of carbonyl (C=O) groups is 2. The van der Waals surface area contributed by atoms with Crippen LogP contribution in [0.2, 0.25) is 5.02 Å². The summed E-state index contributed by atoms with van der Waals surface area (Å²) in [6.07, 6.45) is 0.598. The maximum absolute atomic E-state index is 13.1. The van der Waals surface area contributed by atoms with Gasteiger partial charge in [-0.15, -0.1) is 0 Å². The van der Waals surface area contributed by atoms with E-state index in [9.17, 15) is 14.0 Å². The summed E-state index contributed by atoms with van der Waals surface area (Å²) in [7, 11) is 0. The van der Waals surface area contributed by atoms with E-state index >= 15 is 0 Å². The van der Waals surface area contributed by atoms with Crippen LogP contribution in [0.4, 0.5) is 4.39 Å². The predicted molar refractivity (Wildman–Crippen MR) is 69.8 cm³/mol. The van der Waals surface area contributed by atoms with Crippen molar-refractivity contribution in [2.45, 2.75) is 26.3 Å². The van der Waals surface area contributed by atoms with Crippen molar-refractivity contribution in [3.8, 4) is 0 Å². The van der Waals surface area contributed by atoms with E-state index in [0.717, 1.165) is 12.1 Å². The number of rotatable bonds is 5. The lowest BCUT2D eigenvalue weighted by Gasteiger charge is -2.20. The number of halogens is 2. The Kier molecular flexibility index (Phi) is 5.30. The fraction of sp³-hybridized carbons (Fsp3) is 0.385. The Labute approximate surface area is 115 Å². The molecule has 0 spiro atoms. The second-order valence-corrected chi connectivity index (χ2v) is 4.77. The van der Waals surface area contributed by atoms with Gasteiger partial charge in [0.2, 0.25) is 0 Å². The number of aliphatic carboxylic acids is 1. The van der Waals surface area contributed by atoms with Crippen LogP contribution < -0.4 is 5.32 Å². The molecule has 4 nitrogen and oxygen atoms in total. The van der Waals surface area contributed by atoms with Gasteiger partial charge in [0.05, 0.1) is 0 Å². The normalized spacial score (nSPS) is 13.7. The summed E-state index contributed by atoms with van der Waals surface area (Å²) in [5, 5.41) is 11.5. The van der Waals surface area contributed by atoms with Gasteiger partial charge in [0, 0.05) is 10.6 Å². The van der Waals surface area contributed by atoms with Crippen molar-refractivity contribution < 1.29 is 19.1 Å². The standard InChI is InChI=1S/C13H15ClFNO3/c1-3-7(2)11(13(18)19)16-12(17)8-4-9(14)6-10(15)5-8/h4-7,11H,3H2,1-2H3,(H,16,17)(H,18,19)/t7-,11-/m0/s1. The van der Waals surface area contributed by atoms with Gasteiger partial charge < -0.3 is 10.4 Å². The van der Waals surface area contributed by atoms with Crippen molar-refractivity contribution in [3.63, 3.8) is 0 Å². The molecule has 0 heterocycles. The highest BCUT2D eigenvalue weighted by Crippen LogP contribution is 2.15. The summed E-state index contributed by atoms with van der Waals surface area (Å²) in [5.74, 6) is -2.65. The Morgan fingerprint density at radius 1 is 1.42 bits per heavy atom. The monoisotopic (exact) mass is 287 g/mol. The number of hydrogen-bond acceptors (Lipinski definition) is 2. The minimum absolute atomic E-state index is 0.000414. The van der Waals surface area contributed by atoms with Crippen LogP contribution in [0.15, 0.2) is 18.2 Å². The fourth-order valence-electron chi connectivity index (χ4n) is 1.59. The van der Waals surface area contributed by atoms with Gasteiger partial charge in [0.15, 0.2) is 0 Å². The SMILES string of the molecule is CC[C@H](C)[C@H](NC(=O)c1cc(F)cc(Cl)c1)C(=O)O. The molecule has 2 N–H and O–H groups in total. The molecule has 104 valence electrons. The Morgan fingerprint density at radius 3 is 2.53 bits per heavy atom. The van der Waals surface area contributed by atoms with E-state index < -0.39 is 23.7 Å². The Morgan fingerprint density at radius 2 is 2.05 bits per heavy atom. The number of benzene rings is 1. The molecule has 1 aromatic carbocycles. The van der Waals surface area contributed by atoms with E-state index in [-0.39, 0.29) is 16.5 Å². The zero-order valence-electron chi connectivity index (χ0n) is 10.6. The average molecular weight is 288 g/mol. The molecule has 1 aromatic rings. The van der Waals surface area contributed by atoms with Crippen molar-refractivity contribution in [2.24, 2.45) is 5.92 Å². The van der Waals surface area contributed by atoms with E-state index in [2.05, 4.69) is 5.32 Å². The third-order valence-electron chi connectivity index (χ3n) is 2.89. The van der Waals surface area contributed by atoms with Gasteiger partial charge in [-0.3, -0.25) is 4.79 Å². The molecule has 0 aliphatic carbocycles. The number of carboxylic acids is 1. The molecule has 0 saturated heterocycles. The van der Waals surface area contributed by atoms with E-state index in [1.807, 2.05) is 6.92 Å². The molecule has 0 aliphatic heterocycles. The van der Waals surface area contributed by atoms with Crippen LogP contribution in [0.25, 0.3) is 0 Å². The van der Waals surface area contributed by atoms with Crippen molar-refractivity contribution in [2.75, 3.05) is 0 Å². The molecule has 0 fully saturated rings. The quantitative estimate of drug-likeness (QED) is 0.875. The van der Waals surface area contributed by atoms with Crippen molar-refractivity contribution >= 4 is 23.5 Å². The number of amides is 1. The maximum Gasteiger partial charge on any atom is 0.326 e. The smallest absolute Gasteiger partial charge is 0.326 e. The number of nitrogens with one attached hydrogen (secondary N) is 1. The highest BCUT2D eigenvalue weighted by atomic mass is 35.5. The molecule has 0 aliphatic rings. The second kappa shape index (κ2) is 6.52. The molecule has 0 unspecified atom stereocenters. The first-order valence-electron chi connectivity index (χ1n) is 5.85. The molecule has 1 rings (SSSR count). The first-order valence-corrected chi connectivity index (χ1v) is 6.22. The molecule has 0 aromatic heterocycles. The average Bonchev–Trinajstić information content (AvgIpc) is 2.33. The van der Waals surface area contributed by atoms with Gasteiger partial charge in [-0.1, -0.05) is 31.9 Å². The molecule has 2 atom stereocenters. The van der Waals surface area contributed by atoms with Crippen LogP contribution >= 0.6 is 11.6 Å². The zero-order valence-corrected chi connectivity index (χ0v) is 11.4. The van der Waals surface area contributed by atoms with Gasteiger partial charge in [0.1, 0.15) is 11.9 Å². The van der Waals surface area contributed by atoms with Crippen LogP contribution in [0.1, 0.15) is 30.6 Å². The summed E-state index contributed by atoms with van der Waals surface area (Å²) >= 11 is 5.65. The van der Waals surface area contributed by atoms with Gasteiger partial charge in [-0.25, -0.2) is 9.18 Å². The van der Waals surface area contributed by atoms with Gasteiger partial charge in [-0.2, -0.15) is 0 Å². The Hall–Kier alpha value is -1.62. The summed E-state index contributed by atoms with van der Waals surface area (Å²) in [4.78, 5) is 23.0. The molecular weight excluding hydrogens is 273 g/mol. The summed E-state index contributed by atoms with van der Waals surface area (Å²) in [6, 6.07) is 2.35. The zero-order chi connectivity index (χ0) is 14.6. The van der Waals surface area contributed by atoms with Crippen LogP contribution in [-0.2, 0) is 4.79 Å². The van der Waals surface area contributed by atoms with Crippen LogP contribution in [0, 0.1) is 11.7 Å². The van der Waals surface area contributed by atoms with E-state index in [1.54, 1.807) is 6.92 Å². The van der Waals surface area contributed by atoms with Gasteiger partial charge in [0.25, 0.3) is 5.91 Å². The highest BCUT2D eigenvalue weighted by Gasteiger charge is 2.25. The van der Waals surface area contributed by atoms with Crippen LogP contribution in [-0.4, -0.2) is 23.0 Å². The van der Waals surface area contributed by atoms with E-state index in [1.165, 1.54) is 6.07 Å². The van der Waals surface area contributed by atoms with Crippen LogP contribution in [0.5, 0.6) is 0 Å². The molecule has 6 heteroatoms. The third-order valence-corrected chi connectivity index (χ3v) is 3.11. The summed E-state index contributed by atoms with van der Waals surface area (Å²) in [5.41, 5.74) is -0.000414. The lowest BCUT2D eigenvalue weighted by atomic mass is 9.99.